The number of hydrogen-bond acceptors (Lipinski definition) is 3. The molecule has 310 valence electrons. The van der Waals surface area contributed by atoms with Gasteiger partial charge in [-0.15, -0.1) is 0 Å². The fourth-order valence-corrected chi connectivity index (χ4v) is 9.87. The summed E-state index contributed by atoms with van der Waals surface area (Å²) < 4.78 is 6.17. The summed E-state index contributed by atoms with van der Waals surface area (Å²) in [5.74, 6) is 0.690. The van der Waals surface area contributed by atoms with E-state index in [1.54, 1.807) is 0 Å². The Morgan fingerprint density at radius 3 is 1.58 bits per heavy atom. The van der Waals surface area contributed by atoms with Gasteiger partial charge in [0.05, 0.1) is 16.8 Å². The van der Waals surface area contributed by atoms with Crippen LogP contribution in [0.5, 0.6) is 0 Å². The van der Waals surface area contributed by atoms with Gasteiger partial charge in [-0.05, 0) is 103 Å². The van der Waals surface area contributed by atoms with Crippen molar-refractivity contribution in [3.63, 3.8) is 0 Å². The maximum Gasteiger partial charge on any atom is 0.160 e. The minimum Gasteiger partial charge on any atom is -0.456 e. The van der Waals surface area contributed by atoms with Crippen LogP contribution in [0.1, 0.15) is 74.9 Å². The molecule has 8 aromatic carbocycles. The predicted octanol–water partition coefficient (Wildman–Crippen LogP) is 16.0. The van der Waals surface area contributed by atoms with E-state index in [1.165, 1.54) is 50.1 Å². The predicted molar refractivity (Wildman–Crippen MR) is 266 cm³/mol. The molecular formula is C61H50N2O. The Bertz CT molecular complexity index is 3300. The Labute approximate surface area is 376 Å². The summed E-state index contributed by atoms with van der Waals surface area (Å²) in [6.45, 7) is 13.7. The van der Waals surface area contributed by atoms with Gasteiger partial charge in [0.25, 0.3) is 0 Å². The molecule has 0 spiro atoms. The molecule has 2 heterocycles. The van der Waals surface area contributed by atoms with Gasteiger partial charge in [-0.3, -0.25) is 0 Å². The largest absolute Gasteiger partial charge is 0.456 e. The van der Waals surface area contributed by atoms with Crippen molar-refractivity contribution < 1.29 is 4.42 Å². The van der Waals surface area contributed by atoms with Crippen LogP contribution in [0.4, 0.5) is 0 Å². The molecule has 1 aliphatic carbocycles. The highest BCUT2D eigenvalue weighted by molar-refractivity contribution is 6.06. The summed E-state index contributed by atoms with van der Waals surface area (Å²) >= 11 is 0. The van der Waals surface area contributed by atoms with E-state index in [0.717, 1.165) is 55.6 Å². The maximum absolute atomic E-state index is 6.17. The normalized spacial score (nSPS) is 13.3. The van der Waals surface area contributed by atoms with Gasteiger partial charge in [0.15, 0.2) is 5.82 Å². The quantitative estimate of drug-likeness (QED) is 0.168. The van der Waals surface area contributed by atoms with E-state index in [0.29, 0.717) is 5.82 Å². The van der Waals surface area contributed by atoms with Crippen molar-refractivity contribution in [3.8, 4) is 56.2 Å². The SMILES string of the molecule is CC(C)(C)c1ccc(C2(c3ccc(C(C)(C)C)cc3)c3ccccc3-c3ccc(-c4ccc(-c5cc(-c6ccc7oc8ccccc8c7c6)nc(-c6ccccc6)n5)cc4)cc32)cc1. The van der Waals surface area contributed by atoms with Gasteiger partial charge in [0, 0.05) is 27.5 Å². The summed E-state index contributed by atoms with van der Waals surface area (Å²) in [6, 6.07) is 70.7. The fourth-order valence-electron chi connectivity index (χ4n) is 9.87. The van der Waals surface area contributed by atoms with Crippen LogP contribution in [0.15, 0.2) is 199 Å². The third-order valence-electron chi connectivity index (χ3n) is 13.4. The summed E-state index contributed by atoms with van der Waals surface area (Å²) in [4.78, 5) is 10.3. The smallest absolute Gasteiger partial charge is 0.160 e. The van der Waals surface area contributed by atoms with Gasteiger partial charge in [-0.25, -0.2) is 9.97 Å². The minimum absolute atomic E-state index is 0.0469. The zero-order chi connectivity index (χ0) is 43.8. The Kier molecular flexibility index (Phi) is 9.18. The van der Waals surface area contributed by atoms with Crippen LogP contribution in [-0.2, 0) is 16.2 Å². The first-order chi connectivity index (χ1) is 30.9. The van der Waals surface area contributed by atoms with Crippen LogP contribution in [0.2, 0.25) is 0 Å². The number of benzene rings is 8. The zero-order valence-corrected chi connectivity index (χ0v) is 37.3. The van der Waals surface area contributed by atoms with Crippen molar-refractivity contribution in [2.45, 2.75) is 57.8 Å². The number of fused-ring (bicyclic) bond motifs is 6. The Balaban J connectivity index is 1.03. The molecule has 0 aliphatic heterocycles. The molecule has 0 saturated heterocycles. The van der Waals surface area contributed by atoms with Crippen molar-refractivity contribution in [1.29, 1.82) is 0 Å². The fraction of sp³-hybridized carbons (Fsp3) is 0.148. The monoisotopic (exact) mass is 826 g/mol. The first-order valence-corrected chi connectivity index (χ1v) is 22.4. The topological polar surface area (TPSA) is 38.9 Å². The van der Waals surface area contributed by atoms with E-state index in [-0.39, 0.29) is 10.8 Å². The van der Waals surface area contributed by atoms with E-state index in [9.17, 15) is 0 Å². The number of rotatable bonds is 6. The lowest BCUT2D eigenvalue weighted by Gasteiger charge is -2.35. The summed E-state index contributed by atoms with van der Waals surface area (Å²) in [7, 11) is 0. The van der Waals surface area contributed by atoms with Gasteiger partial charge in [-0.2, -0.15) is 0 Å². The number of furan rings is 1. The average molecular weight is 827 g/mol. The van der Waals surface area contributed by atoms with Crippen molar-refractivity contribution in [1.82, 2.24) is 9.97 Å². The van der Waals surface area contributed by atoms with Crippen molar-refractivity contribution >= 4 is 21.9 Å². The van der Waals surface area contributed by atoms with E-state index < -0.39 is 5.41 Å². The van der Waals surface area contributed by atoms with Crippen LogP contribution >= 0.6 is 0 Å². The van der Waals surface area contributed by atoms with E-state index >= 15 is 0 Å². The molecule has 0 amide bonds. The van der Waals surface area contributed by atoms with Gasteiger partial charge in [-0.1, -0.05) is 199 Å². The third kappa shape index (κ3) is 6.57. The minimum atomic E-state index is -0.508. The van der Waals surface area contributed by atoms with Crippen LogP contribution in [0, 0.1) is 0 Å². The molecule has 64 heavy (non-hydrogen) atoms. The molecule has 3 nitrogen and oxygen atoms in total. The second-order valence-corrected chi connectivity index (χ2v) is 19.4. The van der Waals surface area contributed by atoms with Crippen LogP contribution in [0.25, 0.3) is 78.1 Å². The van der Waals surface area contributed by atoms with Gasteiger partial charge in [0.1, 0.15) is 11.2 Å². The van der Waals surface area contributed by atoms with Crippen molar-refractivity contribution in [2.24, 2.45) is 0 Å². The molecule has 2 aromatic heterocycles. The highest BCUT2D eigenvalue weighted by Gasteiger charge is 2.46. The first-order valence-electron chi connectivity index (χ1n) is 22.4. The first kappa shape index (κ1) is 39.5. The average Bonchev–Trinajstić information content (AvgIpc) is 3.84. The number of aromatic nitrogens is 2. The van der Waals surface area contributed by atoms with E-state index in [4.69, 9.17) is 14.4 Å². The molecule has 0 atom stereocenters. The summed E-state index contributed by atoms with van der Waals surface area (Å²) in [5.41, 5.74) is 18.8. The summed E-state index contributed by atoms with van der Waals surface area (Å²) in [5, 5.41) is 2.17. The van der Waals surface area contributed by atoms with E-state index in [2.05, 4.69) is 205 Å². The maximum atomic E-state index is 6.17. The number of hydrogen-bond donors (Lipinski definition) is 0. The lowest BCUT2D eigenvalue weighted by molar-refractivity contribution is 0.588. The Morgan fingerprint density at radius 2 is 0.906 bits per heavy atom. The molecule has 0 bridgehead atoms. The molecule has 10 aromatic rings. The molecule has 1 aliphatic rings. The Morgan fingerprint density at radius 1 is 0.375 bits per heavy atom. The van der Waals surface area contributed by atoms with Crippen LogP contribution in [-0.4, -0.2) is 9.97 Å². The van der Waals surface area contributed by atoms with Crippen LogP contribution in [0.3, 0.4) is 0 Å². The molecule has 0 N–H and O–H groups in total. The third-order valence-corrected chi connectivity index (χ3v) is 13.4. The van der Waals surface area contributed by atoms with Gasteiger partial charge in [0.2, 0.25) is 0 Å². The molecule has 3 heteroatoms. The Hall–Kier alpha value is -7.36. The van der Waals surface area contributed by atoms with E-state index in [1.807, 2.05) is 30.3 Å². The summed E-state index contributed by atoms with van der Waals surface area (Å²) in [6.07, 6.45) is 0. The lowest BCUT2D eigenvalue weighted by Crippen LogP contribution is -2.29. The van der Waals surface area contributed by atoms with Crippen molar-refractivity contribution in [2.75, 3.05) is 0 Å². The van der Waals surface area contributed by atoms with Gasteiger partial charge >= 0.3 is 0 Å². The molecule has 11 rings (SSSR count). The van der Waals surface area contributed by atoms with Gasteiger partial charge < -0.3 is 4.42 Å². The second-order valence-electron chi connectivity index (χ2n) is 19.4. The second kappa shape index (κ2) is 14.9. The molecule has 0 saturated carbocycles. The molecule has 0 radical (unpaired) electrons. The van der Waals surface area contributed by atoms with Crippen molar-refractivity contribution in [3.05, 3.63) is 228 Å². The molecular weight excluding hydrogens is 777 g/mol. The van der Waals surface area contributed by atoms with Crippen LogP contribution < -0.4 is 0 Å². The number of para-hydroxylation sites is 1. The highest BCUT2D eigenvalue weighted by atomic mass is 16.3. The molecule has 0 unspecified atom stereocenters. The zero-order valence-electron chi connectivity index (χ0n) is 37.3. The molecule has 0 fully saturated rings. The standard InChI is InChI=1S/C61H50N2O/c1-59(2,3)44-26-30-46(31-27-44)61(47-32-28-45(29-33-47)60(4,5)6)52-18-12-10-16-48(52)49-34-24-42(37-53(49)61)39-20-22-40(23-21-39)54-38-55(63-58(62-54)41-14-8-7-9-15-41)43-25-35-57-51(36-43)50-17-11-13-19-56(50)64-57/h7-38H,1-6H3. The number of nitrogens with zero attached hydrogens (tertiary/aromatic N) is 2. The lowest BCUT2D eigenvalue weighted by atomic mass is 9.66. The highest BCUT2D eigenvalue weighted by Crippen LogP contribution is 2.57.